The Kier molecular flexibility index (Phi) is 4.12. The van der Waals surface area contributed by atoms with Crippen LogP contribution < -0.4 is 5.32 Å². The molecule has 1 N–H and O–H groups in total. The molecule has 1 fully saturated rings. The van der Waals surface area contributed by atoms with Gasteiger partial charge in [-0.15, -0.1) is 10.2 Å². The lowest BCUT2D eigenvalue weighted by Gasteiger charge is -2.22. The summed E-state index contributed by atoms with van der Waals surface area (Å²) in [6.07, 6.45) is 3.16. The van der Waals surface area contributed by atoms with Crippen LogP contribution in [0.4, 0.5) is 5.13 Å². The van der Waals surface area contributed by atoms with Crippen molar-refractivity contribution in [2.75, 3.05) is 18.5 Å². The molecule has 0 atom stereocenters. The standard InChI is InChI=1S/C11H19N3OS/c1-8(2)7-10-13-14-11(16-10)12-9-3-5-15-6-4-9/h8-9H,3-7H2,1-2H3,(H,12,14). The number of hydrogen-bond acceptors (Lipinski definition) is 5. The first kappa shape index (κ1) is 11.8. The van der Waals surface area contributed by atoms with Gasteiger partial charge < -0.3 is 10.1 Å². The van der Waals surface area contributed by atoms with Crippen LogP contribution in [0, 0.1) is 5.92 Å². The largest absolute Gasteiger partial charge is 0.381 e. The Bertz CT molecular complexity index is 321. The van der Waals surface area contributed by atoms with Crippen LogP contribution in [0.2, 0.25) is 0 Å². The summed E-state index contributed by atoms with van der Waals surface area (Å²) >= 11 is 1.68. The molecule has 2 heterocycles. The normalized spacial score (nSPS) is 17.9. The van der Waals surface area contributed by atoms with Crippen molar-refractivity contribution in [3.05, 3.63) is 5.01 Å². The zero-order valence-corrected chi connectivity index (χ0v) is 10.7. The molecule has 1 aliphatic rings. The smallest absolute Gasteiger partial charge is 0.205 e. The minimum absolute atomic E-state index is 0.508. The second kappa shape index (κ2) is 5.59. The first-order valence-electron chi connectivity index (χ1n) is 5.90. The van der Waals surface area contributed by atoms with Gasteiger partial charge in [0.2, 0.25) is 5.13 Å². The van der Waals surface area contributed by atoms with Crippen molar-refractivity contribution in [1.82, 2.24) is 10.2 Å². The van der Waals surface area contributed by atoms with E-state index in [4.69, 9.17) is 4.74 Å². The Morgan fingerprint density at radius 1 is 1.38 bits per heavy atom. The third kappa shape index (κ3) is 3.42. The lowest BCUT2D eigenvalue weighted by atomic mass is 10.1. The van der Waals surface area contributed by atoms with Crippen molar-refractivity contribution in [2.24, 2.45) is 5.92 Å². The van der Waals surface area contributed by atoms with Crippen molar-refractivity contribution in [3.8, 4) is 0 Å². The fourth-order valence-electron chi connectivity index (χ4n) is 1.76. The molecule has 0 aromatic carbocycles. The van der Waals surface area contributed by atoms with Crippen molar-refractivity contribution >= 4 is 16.5 Å². The first-order valence-corrected chi connectivity index (χ1v) is 6.72. The molecule has 1 saturated heterocycles. The van der Waals surface area contributed by atoms with Crippen LogP contribution in [0.5, 0.6) is 0 Å². The highest BCUT2D eigenvalue weighted by Gasteiger charge is 2.15. The van der Waals surface area contributed by atoms with Gasteiger partial charge in [0.15, 0.2) is 0 Å². The van der Waals surface area contributed by atoms with Gasteiger partial charge in [-0.3, -0.25) is 0 Å². The van der Waals surface area contributed by atoms with Gasteiger partial charge in [0.1, 0.15) is 5.01 Å². The SMILES string of the molecule is CC(C)Cc1nnc(NC2CCOCC2)s1. The Labute approximate surface area is 100 Å². The number of ether oxygens (including phenoxy) is 1. The molecule has 0 unspecified atom stereocenters. The van der Waals surface area contributed by atoms with E-state index in [1.807, 2.05) is 0 Å². The predicted molar refractivity (Wildman–Crippen MR) is 65.9 cm³/mol. The van der Waals surface area contributed by atoms with Crippen LogP contribution >= 0.6 is 11.3 Å². The second-order valence-corrected chi connectivity index (χ2v) is 5.69. The van der Waals surface area contributed by atoms with Gasteiger partial charge in [0.05, 0.1) is 0 Å². The molecule has 0 amide bonds. The molecule has 1 aromatic rings. The van der Waals surface area contributed by atoms with Crippen LogP contribution in [0.1, 0.15) is 31.7 Å². The summed E-state index contributed by atoms with van der Waals surface area (Å²) in [5.41, 5.74) is 0. The Morgan fingerprint density at radius 2 is 2.12 bits per heavy atom. The fraction of sp³-hybridized carbons (Fsp3) is 0.818. The molecule has 4 nitrogen and oxygen atoms in total. The van der Waals surface area contributed by atoms with Gasteiger partial charge in [-0.05, 0) is 18.8 Å². The van der Waals surface area contributed by atoms with Crippen molar-refractivity contribution in [2.45, 2.75) is 39.2 Å². The molecule has 16 heavy (non-hydrogen) atoms. The highest BCUT2D eigenvalue weighted by molar-refractivity contribution is 7.15. The summed E-state index contributed by atoms with van der Waals surface area (Å²) < 4.78 is 5.32. The number of hydrogen-bond donors (Lipinski definition) is 1. The molecule has 1 aliphatic heterocycles. The predicted octanol–water partition coefficient (Wildman–Crippen LogP) is 2.33. The Hall–Kier alpha value is -0.680. The van der Waals surface area contributed by atoms with Crippen LogP contribution in [0.25, 0.3) is 0 Å². The summed E-state index contributed by atoms with van der Waals surface area (Å²) in [5.74, 6) is 0.642. The van der Waals surface area contributed by atoms with Crippen LogP contribution in [0.15, 0.2) is 0 Å². The summed E-state index contributed by atoms with van der Waals surface area (Å²) in [7, 11) is 0. The average molecular weight is 241 g/mol. The number of nitrogens with one attached hydrogen (secondary N) is 1. The minimum atomic E-state index is 0.508. The fourth-order valence-corrected chi connectivity index (χ4v) is 2.79. The zero-order valence-electron chi connectivity index (χ0n) is 9.90. The number of rotatable bonds is 4. The van der Waals surface area contributed by atoms with Crippen LogP contribution in [-0.4, -0.2) is 29.5 Å². The molecule has 0 bridgehead atoms. The van der Waals surface area contributed by atoms with E-state index in [0.717, 1.165) is 42.6 Å². The molecule has 90 valence electrons. The van der Waals surface area contributed by atoms with E-state index in [2.05, 4.69) is 29.4 Å². The van der Waals surface area contributed by atoms with E-state index in [-0.39, 0.29) is 0 Å². The van der Waals surface area contributed by atoms with E-state index in [0.29, 0.717) is 12.0 Å². The van der Waals surface area contributed by atoms with Crippen molar-refractivity contribution < 1.29 is 4.74 Å². The van der Waals surface area contributed by atoms with E-state index in [1.165, 1.54) is 0 Å². The van der Waals surface area contributed by atoms with Gasteiger partial charge in [-0.1, -0.05) is 25.2 Å². The number of anilines is 1. The molecule has 0 radical (unpaired) electrons. The van der Waals surface area contributed by atoms with Gasteiger partial charge in [-0.2, -0.15) is 0 Å². The number of aromatic nitrogens is 2. The topological polar surface area (TPSA) is 47.0 Å². The molecule has 5 heteroatoms. The molecule has 0 saturated carbocycles. The molecular formula is C11H19N3OS. The van der Waals surface area contributed by atoms with Crippen LogP contribution in [-0.2, 0) is 11.2 Å². The van der Waals surface area contributed by atoms with Gasteiger partial charge in [-0.25, -0.2) is 0 Å². The number of nitrogens with zero attached hydrogens (tertiary/aromatic N) is 2. The Morgan fingerprint density at radius 3 is 2.81 bits per heavy atom. The maximum absolute atomic E-state index is 5.32. The molecule has 0 aliphatic carbocycles. The van der Waals surface area contributed by atoms with Gasteiger partial charge >= 0.3 is 0 Å². The summed E-state index contributed by atoms with van der Waals surface area (Å²) in [5, 5.41) is 13.9. The van der Waals surface area contributed by atoms with Crippen LogP contribution in [0.3, 0.4) is 0 Å². The Balaban J connectivity index is 1.86. The molecule has 2 rings (SSSR count). The summed E-state index contributed by atoms with van der Waals surface area (Å²) in [4.78, 5) is 0. The lowest BCUT2D eigenvalue weighted by molar-refractivity contribution is 0.0904. The quantitative estimate of drug-likeness (QED) is 0.879. The molecule has 0 spiro atoms. The highest BCUT2D eigenvalue weighted by atomic mass is 32.1. The maximum Gasteiger partial charge on any atom is 0.205 e. The average Bonchev–Trinajstić information content (AvgIpc) is 2.66. The monoisotopic (exact) mass is 241 g/mol. The highest BCUT2D eigenvalue weighted by Crippen LogP contribution is 2.21. The summed E-state index contributed by atoms with van der Waals surface area (Å²) in [6.45, 7) is 6.12. The minimum Gasteiger partial charge on any atom is -0.381 e. The van der Waals surface area contributed by atoms with Crippen molar-refractivity contribution in [1.29, 1.82) is 0 Å². The zero-order chi connectivity index (χ0) is 11.4. The third-order valence-corrected chi connectivity index (χ3v) is 3.48. The van der Waals surface area contributed by atoms with Gasteiger partial charge in [0, 0.05) is 25.7 Å². The molecule has 1 aromatic heterocycles. The van der Waals surface area contributed by atoms with E-state index >= 15 is 0 Å². The van der Waals surface area contributed by atoms with Gasteiger partial charge in [0.25, 0.3) is 0 Å². The molecular weight excluding hydrogens is 222 g/mol. The van der Waals surface area contributed by atoms with Crippen molar-refractivity contribution in [3.63, 3.8) is 0 Å². The lowest BCUT2D eigenvalue weighted by Crippen LogP contribution is -2.27. The second-order valence-electron chi connectivity index (χ2n) is 4.63. The third-order valence-electron chi connectivity index (χ3n) is 2.60. The maximum atomic E-state index is 5.32. The first-order chi connectivity index (χ1) is 7.74. The van der Waals surface area contributed by atoms with E-state index in [9.17, 15) is 0 Å². The van der Waals surface area contributed by atoms with E-state index < -0.39 is 0 Å². The van der Waals surface area contributed by atoms with E-state index in [1.54, 1.807) is 11.3 Å². The summed E-state index contributed by atoms with van der Waals surface area (Å²) in [6, 6.07) is 0.508.